The second-order valence-electron chi connectivity index (χ2n) is 7.34. The first kappa shape index (κ1) is 23.6. The van der Waals surface area contributed by atoms with Crippen LogP contribution in [0.4, 0.5) is 13.2 Å². The minimum atomic E-state index is -4.73. The summed E-state index contributed by atoms with van der Waals surface area (Å²) in [5, 5.41) is -0.337. The number of carbonyl (C=O) groups is 1. The van der Waals surface area contributed by atoms with Gasteiger partial charge in [-0.25, -0.2) is 8.42 Å². The fourth-order valence-electron chi connectivity index (χ4n) is 3.42. The average Bonchev–Trinajstić information content (AvgIpc) is 2.74. The molecule has 2 aromatic rings. The number of rotatable bonds is 6. The summed E-state index contributed by atoms with van der Waals surface area (Å²) in [6.07, 6.45) is -2.08. The van der Waals surface area contributed by atoms with E-state index in [0.717, 1.165) is 35.7 Å². The van der Waals surface area contributed by atoms with Gasteiger partial charge in [0.15, 0.2) is 0 Å². The molecular weight excluding hydrogens is 453 g/mol. The summed E-state index contributed by atoms with van der Waals surface area (Å²) in [6, 6.07) is 10.7. The van der Waals surface area contributed by atoms with Crippen LogP contribution in [0.5, 0.6) is 0 Å². The number of hydrogen-bond acceptors (Lipinski definition) is 3. The minimum absolute atomic E-state index is 0.171. The van der Waals surface area contributed by atoms with E-state index in [4.69, 9.17) is 11.6 Å². The molecular formula is C21H22ClF3N2O3S. The van der Waals surface area contributed by atoms with Gasteiger partial charge in [0.2, 0.25) is 15.9 Å². The van der Waals surface area contributed by atoms with Gasteiger partial charge in [-0.05, 0) is 43.0 Å². The van der Waals surface area contributed by atoms with Gasteiger partial charge in [-0.15, -0.1) is 0 Å². The van der Waals surface area contributed by atoms with Gasteiger partial charge >= 0.3 is 6.18 Å². The van der Waals surface area contributed by atoms with E-state index in [9.17, 15) is 26.4 Å². The molecule has 168 valence electrons. The molecule has 0 aliphatic carbocycles. The minimum Gasteiger partial charge on any atom is -0.342 e. The quantitative estimate of drug-likeness (QED) is 0.616. The number of hydrogen-bond donors (Lipinski definition) is 0. The normalized spacial score (nSPS) is 15.3. The van der Waals surface area contributed by atoms with Crippen molar-refractivity contribution in [2.75, 3.05) is 19.6 Å². The van der Waals surface area contributed by atoms with Gasteiger partial charge in [0.1, 0.15) is 4.90 Å². The van der Waals surface area contributed by atoms with Crippen molar-refractivity contribution in [2.24, 2.45) is 0 Å². The molecule has 5 nitrogen and oxygen atoms in total. The van der Waals surface area contributed by atoms with E-state index in [1.165, 1.54) is 0 Å². The zero-order valence-corrected chi connectivity index (χ0v) is 18.2. The molecule has 3 rings (SSSR count). The molecule has 0 spiro atoms. The monoisotopic (exact) mass is 474 g/mol. The Bertz CT molecular complexity index is 1020. The fraction of sp³-hybridized carbons (Fsp3) is 0.381. The molecule has 1 aliphatic heterocycles. The molecule has 0 atom stereocenters. The number of piperidine rings is 1. The Labute approximate surface area is 184 Å². The molecule has 0 unspecified atom stereocenters. The third-order valence-corrected chi connectivity index (χ3v) is 7.37. The molecule has 0 N–H and O–H groups in total. The Morgan fingerprint density at radius 1 is 1.03 bits per heavy atom. The number of likely N-dealkylation sites (tertiary alicyclic amines) is 1. The number of halogens is 4. The van der Waals surface area contributed by atoms with Crippen LogP contribution in [0, 0.1) is 0 Å². The molecule has 1 aliphatic rings. The summed E-state index contributed by atoms with van der Waals surface area (Å²) in [7, 11) is -4.49. The Morgan fingerprint density at radius 3 is 2.29 bits per heavy atom. The van der Waals surface area contributed by atoms with Gasteiger partial charge in [-0.1, -0.05) is 41.9 Å². The number of nitrogens with zero attached hydrogens (tertiary/aromatic N) is 2. The van der Waals surface area contributed by atoms with E-state index >= 15 is 0 Å². The lowest BCUT2D eigenvalue weighted by Crippen LogP contribution is -2.44. The van der Waals surface area contributed by atoms with Gasteiger partial charge in [0.25, 0.3) is 0 Å². The maximum Gasteiger partial charge on any atom is 0.416 e. The van der Waals surface area contributed by atoms with Crippen molar-refractivity contribution in [1.29, 1.82) is 0 Å². The molecule has 0 aromatic heterocycles. The van der Waals surface area contributed by atoms with Crippen LogP contribution in [0.1, 0.15) is 30.4 Å². The Balaban J connectivity index is 1.98. The molecule has 1 saturated heterocycles. The van der Waals surface area contributed by atoms with E-state index in [0.29, 0.717) is 24.7 Å². The number of benzene rings is 2. The standard InChI is InChI=1S/C21H22ClF3N2O3S/c22-18-10-9-17(21(23,24)25)13-19(18)31(29,30)27(14-16-7-3-1-4-8-16)15-20(28)26-11-5-2-6-12-26/h1,3-4,7-10,13H,2,5-6,11-12,14-15H2. The van der Waals surface area contributed by atoms with Crippen molar-refractivity contribution in [3.63, 3.8) is 0 Å². The smallest absolute Gasteiger partial charge is 0.342 e. The zero-order chi connectivity index (χ0) is 22.6. The number of sulfonamides is 1. The summed E-state index contributed by atoms with van der Waals surface area (Å²) in [6.45, 7) is 0.407. The lowest BCUT2D eigenvalue weighted by molar-refractivity contribution is -0.137. The SMILES string of the molecule is O=C(CN(Cc1ccccc1)S(=O)(=O)c1cc(C(F)(F)F)ccc1Cl)N1CCCCC1. The molecule has 10 heteroatoms. The largest absolute Gasteiger partial charge is 0.416 e. The van der Waals surface area contributed by atoms with Gasteiger partial charge in [0, 0.05) is 19.6 Å². The highest BCUT2D eigenvalue weighted by Crippen LogP contribution is 2.34. The first-order chi connectivity index (χ1) is 14.6. The second kappa shape index (κ2) is 9.58. The number of amides is 1. The van der Waals surface area contributed by atoms with Crippen LogP contribution in [0.3, 0.4) is 0 Å². The summed E-state index contributed by atoms with van der Waals surface area (Å²) in [5.41, 5.74) is -0.530. The van der Waals surface area contributed by atoms with Crippen LogP contribution >= 0.6 is 11.6 Å². The van der Waals surface area contributed by atoms with Crippen LogP contribution in [0.2, 0.25) is 5.02 Å². The highest BCUT2D eigenvalue weighted by atomic mass is 35.5. The van der Waals surface area contributed by atoms with Gasteiger partial charge in [0.05, 0.1) is 17.1 Å². The van der Waals surface area contributed by atoms with E-state index in [-0.39, 0.29) is 17.5 Å². The first-order valence-electron chi connectivity index (χ1n) is 9.77. The topological polar surface area (TPSA) is 57.7 Å². The van der Waals surface area contributed by atoms with Crippen LogP contribution < -0.4 is 0 Å². The number of carbonyl (C=O) groups excluding carboxylic acids is 1. The van der Waals surface area contributed by atoms with Crippen LogP contribution in [0.25, 0.3) is 0 Å². The second-order valence-corrected chi connectivity index (χ2v) is 9.66. The molecule has 1 heterocycles. The summed E-state index contributed by atoms with van der Waals surface area (Å²) in [4.78, 5) is 13.7. The Morgan fingerprint density at radius 2 is 1.68 bits per heavy atom. The van der Waals surface area contributed by atoms with E-state index in [2.05, 4.69) is 0 Å². The first-order valence-corrected chi connectivity index (χ1v) is 11.6. The zero-order valence-electron chi connectivity index (χ0n) is 16.6. The molecule has 31 heavy (non-hydrogen) atoms. The summed E-state index contributed by atoms with van der Waals surface area (Å²) >= 11 is 5.99. The number of alkyl halides is 3. The third kappa shape index (κ3) is 5.78. The van der Waals surface area contributed by atoms with Gasteiger partial charge in [-0.2, -0.15) is 17.5 Å². The van der Waals surface area contributed by atoms with Crippen molar-refractivity contribution in [2.45, 2.75) is 36.9 Å². The molecule has 1 amide bonds. The molecule has 0 bridgehead atoms. The summed E-state index contributed by atoms with van der Waals surface area (Å²) in [5.74, 6) is -0.387. The molecule has 0 saturated carbocycles. The van der Waals surface area contributed by atoms with Crippen molar-refractivity contribution >= 4 is 27.5 Å². The molecule has 1 fully saturated rings. The van der Waals surface area contributed by atoms with Crippen molar-refractivity contribution in [3.05, 3.63) is 64.7 Å². The Hall–Kier alpha value is -2.10. The van der Waals surface area contributed by atoms with Crippen molar-refractivity contribution < 1.29 is 26.4 Å². The fourth-order valence-corrected chi connectivity index (χ4v) is 5.30. The summed E-state index contributed by atoms with van der Waals surface area (Å²) < 4.78 is 67.1. The van der Waals surface area contributed by atoms with E-state index in [1.807, 2.05) is 0 Å². The Kier molecular flexibility index (Phi) is 7.28. The van der Waals surface area contributed by atoms with Gasteiger partial charge in [-0.3, -0.25) is 4.79 Å². The highest BCUT2D eigenvalue weighted by Gasteiger charge is 2.35. The van der Waals surface area contributed by atoms with Crippen LogP contribution in [-0.2, 0) is 27.5 Å². The predicted octanol–water partition coefficient (Wildman–Crippen LogP) is 4.56. The molecule has 2 aromatic carbocycles. The van der Waals surface area contributed by atoms with E-state index in [1.54, 1.807) is 35.2 Å². The van der Waals surface area contributed by atoms with Crippen LogP contribution in [-0.4, -0.2) is 43.2 Å². The maximum absolute atomic E-state index is 13.4. The van der Waals surface area contributed by atoms with Crippen LogP contribution in [0.15, 0.2) is 53.4 Å². The average molecular weight is 475 g/mol. The predicted molar refractivity (Wildman–Crippen MR) is 111 cm³/mol. The van der Waals surface area contributed by atoms with E-state index < -0.39 is 33.2 Å². The maximum atomic E-state index is 13.4. The lowest BCUT2D eigenvalue weighted by Gasteiger charge is -2.30. The van der Waals surface area contributed by atoms with Crippen molar-refractivity contribution in [3.8, 4) is 0 Å². The van der Waals surface area contributed by atoms with Gasteiger partial charge < -0.3 is 4.90 Å². The van der Waals surface area contributed by atoms with Crippen molar-refractivity contribution in [1.82, 2.24) is 9.21 Å². The molecule has 0 radical (unpaired) electrons. The highest BCUT2D eigenvalue weighted by molar-refractivity contribution is 7.89. The third-order valence-electron chi connectivity index (χ3n) is 5.10. The lowest BCUT2D eigenvalue weighted by atomic mass is 10.1.